The molecule has 1 aliphatic heterocycles. The number of aryl methyl sites for hydroxylation is 2. The summed E-state index contributed by atoms with van der Waals surface area (Å²) in [6.07, 6.45) is 1.20. The molecule has 0 saturated carbocycles. The lowest BCUT2D eigenvalue weighted by molar-refractivity contribution is 0.402. The summed E-state index contributed by atoms with van der Waals surface area (Å²) >= 11 is 3.63. The molecule has 1 aliphatic rings. The largest absolute Gasteiger partial charge is 0.495 e. The molecule has 3 heteroatoms. The van der Waals surface area contributed by atoms with Gasteiger partial charge >= 0.3 is 0 Å². The van der Waals surface area contributed by atoms with Crippen LogP contribution in [0.3, 0.4) is 0 Å². The number of ether oxygens (including phenoxy) is 1. The number of rotatable bonds is 2. The average Bonchev–Trinajstić information content (AvgIpc) is 2.76. The Labute approximate surface area is 106 Å². The van der Waals surface area contributed by atoms with Gasteiger partial charge in [0.05, 0.1) is 11.6 Å². The Balaban J connectivity index is 2.53. The third-order valence-electron chi connectivity index (χ3n) is 3.32. The molecule has 1 saturated heterocycles. The van der Waals surface area contributed by atoms with Gasteiger partial charge in [-0.1, -0.05) is 6.07 Å². The van der Waals surface area contributed by atoms with Crippen LogP contribution in [0.5, 0.6) is 5.75 Å². The summed E-state index contributed by atoms with van der Waals surface area (Å²) in [5.74, 6) is 1.61. The maximum absolute atomic E-state index is 5.58. The van der Waals surface area contributed by atoms with Crippen molar-refractivity contribution >= 4 is 15.9 Å². The van der Waals surface area contributed by atoms with Gasteiger partial charge in [-0.3, -0.25) is 0 Å². The van der Waals surface area contributed by atoms with Gasteiger partial charge < -0.3 is 10.1 Å². The van der Waals surface area contributed by atoms with Crippen LogP contribution in [-0.4, -0.2) is 20.2 Å². The molecule has 0 radical (unpaired) electrons. The zero-order chi connectivity index (χ0) is 11.7. The summed E-state index contributed by atoms with van der Waals surface area (Å²) in [7, 11) is 1.75. The van der Waals surface area contributed by atoms with Gasteiger partial charge in [-0.05, 0) is 53.9 Å². The molecule has 0 bridgehead atoms. The number of methoxy groups -OCH3 is 1. The molecule has 1 aromatic carbocycles. The SMILES string of the molecule is COc1c(Br)c(C)cc(C)c1C1CCNC1. The van der Waals surface area contributed by atoms with Crippen molar-refractivity contribution in [3.63, 3.8) is 0 Å². The predicted molar refractivity (Wildman–Crippen MR) is 70.4 cm³/mol. The average molecular weight is 284 g/mol. The fraction of sp³-hybridized carbons (Fsp3) is 0.538. The third kappa shape index (κ3) is 1.98. The van der Waals surface area contributed by atoms with Crippen LogP contribution in [0, 0.1) is 13.8 Å². The van der Waals surface area contributed by atoms with Crippen LogP contribution in [0.4, 0.5) is 0 Å². The molecule has 0 spiro atoms. The Hall–Kier alpha value is -0.540. The van der Waals surface area contributed by atoms with E-state index >= 15 is 0 Å². The van der Waals surface area contributed by atoms with E-state index in [1.165, 1.54) is 23.1 Å². The van der Waals surface area contributed by atoms with Gasteiger partial charge in [0.2, 0.25) is 0 Å². The van der Waals surface area contributed by atoms with Crippen molar-refractivity contribution in [2.45, 2.75) is 26.2 Å². The van der Waals surface area contributed by atoms with Gasteiger partial charge in [0.25, 0.3) is 0 Å². The second-order valence-corrected chi connectivity index (χ2v) is 5.25. The number of benzene rings is 1. The van der Waals surface area contributed by atoms with E-state index in [9.17, 15) is 0 Å². The van der Waals surface area contributed by atoms with E-state index in [-0.39, 0.29) is 0 Å². The summed E-state index contributed by atoms with van der Waals surface area (Å²) in [5.41, 5.74) is 3.94. The van der Waals surface area contributed by atoms with Crippen LogP contribution in [0.25, 0.3) is 0 Å². The summed E-state index contributed by atoms with van der Waals surface area (Å²) in [6.45, 7) is 6.46. The molecule has 16 heavy (non-hydrogen) atoms. The maximum atomic E-state index is 5.58. The molecule has 0 aliphatic carbocycles. The molecule has 1 fully saturated rings. The molecule has 2 nitrogen and oxygen atoms in total. The summed E-state index contributed by atoms with van der Waals surface area (Å²) in [6, 6.07) is 2.24. The van der Waals surface area contributed by atoms with Gasteiger partial charge in [-0.25, -0.2) is 0 Å². The van der Waals surface area contributed by atoms with E-state index in [4.69, 9.17) is 4.74 Å². The van der Waals surface area contributed by atoms with E-state index in [1.807, 2.05) is 0 Å². The highest BCUT2D eigenvalue weighted by molar-refractivity contribution is 9.10. The number of nitrogens with one attached hydrogen (secondary N) is 1. The highest BCUT2D eigenvalue weighted by Gasteiger charge is 2.24. The zero-order valence-corrected chi connectivity index (χ0v) is 11.6. The van der Waals surface area contributed by atoms with Crippen LogP contribution in [0.15, 0.2) is 10.5 Å². The van der Waals surface area contributed by atoms with E-state index in [0.717, 1.165) is 23.3 Å². The van der Waals surface area contributed by atoms with Crippen molar-refractivity contribution in [1.82, 2.24) is 5.32 Å². The molecule has 88 valence electrons. The smallest absolute Gasteiger partial charge is 0.137 e. The standard InChI is InChI=1S/C13H18BrNO/c1-8-6-9(2)12(14)13(16-3)11(8)10-4-5-15-7-10/h6,10,15H,4-5,7H2,1-3H3. The van der Waals surface area contributed by atoms with Crippen LogP contribution >= 0.6 is 15.9 Å². The highest BCUT2D eigenvalue weighted by Crippen LogP contribution is 2.40. The molecule has 2 rings (SSSR count). The normalized spacial score (nSPS) is 20.1. The Kier molecular flexibility index (Phi) is 3.55. The fourth-order valence-corrected chi connectivity index (χ4v) is 3.04. The topological polar surface area (TPSA) is 21.3 Å². The van der Waals surface area contributed by atoms with Gasteiger partial charge in [0.15, 0.2) is 0 Å². The van der Waals surface area contributed by atoms with E-state index < -0.39 is 0 Å². The number of halogens is 1. The van der Waals surface area contributed by atoms with Gasteiger partial charge in [-0.15, -0.1) is 0 Å². The quantitative estimate of drug-likeness (QED) is 0.900. The van der Waals surface area contributed by atoms with Crippen molar-refractivity contribution < 1.29 is 4.74 Å². The van der Waals surface area contributed by atoms with Crippen LogP contribution in [-0.2, 0) is 0 Å². The molecule has 1 aromatic rings. The molecular weight excluding hydrogens is 266 g/mol. The predicted octanol–water partition coefficient (Wildman–Crippen LogP) is 3.15. The lowest BCUT2D eigenvalue weighted by atomic mass is 9.92. The second-order valence-electron chi connectivity index (χ2n) is 4.46. The van der Waals surface area contributed by atoms with E-state index in [2.05, 4.69) is 41.2 Å². The highest BCUT2D eigenvalue weighted by atomic mass is 79.9. The first-order chi connectivity index (χ1) is 7.65. The van der Waals surface area contributed by atoms with Crippen LogP contribution < -0.4 is 10.1 Å². The monoisotopic (exact) mass is 283 g/mol. The minimum Gasteiger partial charge on any atom is -0.495 e. The Morgan fingerprint density at radius 2 is 2.12 bits per heavy atom. The molecular formula is C13H18BrNO. The number of hydrogen-bond donors (Lipinski definition) is 1. The third-order valence-corrected chi connectivity index (χ3v) is 4.31. The first-order valence-corrected chi connectivity index (χ1v) is 6.48. The molecule has 1 N–H and O–H groups in total. The van der Waals surface area contributed by atoms with Crippen molar-refractivity contribution in [2.75, 3.05) is 20.2 Å². The van der Waals surface area contributed by atoms with Crippen LogP contribution in [0.1, 0.15) is 29.0 Å². The van der Waals surface area contributed by atoms with Crippen molar-refractivity contribution in [1.29, 1.82) is 0 Å². The lowest BCUT2D eigenvalue weighted by Gasteiger charge is -2.19. The Bertz CT molecular complexity index is 397. The molecule has 0 amide bonds. The molecule has 0 aromatic heterocycles. The minimum absolute atomic E-state index is 0.590. The van der Waals surface area contributed by atoms with E-state index in [1.54, 1.807) is 7.11 Å². The minimum atomic E-state index is 0.590. The lowest BCUT2D eigenvalue weighted by Crippen LogP contribution is -2.10. The molecule has 1 heterocycles. The summed E-state index contributed by atoms with van der Waals surface area (Å²) in [4.78, 5) is 0. The van der Waals surface area contributed by atoms with Gasteiger partial charge in [-0.2, -0.15) is 0 Å². The van der Waals surface area contributed by atoms with Crippen molar-refractivity contribution in [2.24, 2.45) is 0 Å². The van der Waals surface area contributed by atoms with Crippen molar-refractivity contribution in [3.8, 4) is 5.75 Å². The van der Waals surface area contributed by atoms with Gasteiger partial charge in [0, 0.05) is 18.0 Å². The fourth-order valence-electron chi connectivity index (χ4n) is 2.55. The van der Waals surface area contributed by atoms with Gasteiger partial charge in [0.1, 0.15) is 5.75 Å². The summed E-state index contributed by atoms with van der Waals surface area (Å²) < 4.78 is 6.68. The first kappa shape index (κ1) is 11.9. The second kappa shape index (κ2) is 4.76. The van der Waals surface area contributed by atoms with E-state index in [0.29, 0.717) is 5.92 Å². The maximum Gasteiger partial charge on any atom is 0.137 e. The molecule has 1 unspecified atom stereocenters. The Morgan fingerprint density at radius 3 is 2.69 bits per heavy atom. The first-order valence-electron chi connectivity index (χ1n) is 5.69. The zero-order valence-electron chi connectivity index (χ0n) is 10.1. The number of hydrogen-bond acceptors (Lipinski definition) is 2. The Morgan fingerprint density at radius 1 is 1.38 bits per heavy atom. The summed E-state index contributed by atoms with van der Waals surface area (Å²) in [5, 5.41) is 3.41. The molecule has 1 atom stereocenters. The van der Waals surface area contributed by atoms with Crippen molar-refractivity contribution in [3.05, 3.63) is 27.2 Å². The van der Waals surface area contributed by atoms with Crippen LogP contribution in [0.2, 0.25) is 0 Å².